The van der Waals surface area contributed by atoms with Gasteiger partial charge in [-0.05, 0) is 50.8 Å². The fraction of sp³-hybridized carbons (Fsp3) is 0.647. The van der Waals surface area contributed by atoms with Crippen LogP contribution in [0.2, 0.25) is 0 Å². The Bertz CT molecular complexity index is 409. The van der Waals surface area contributed by atoms with Crippen molar-refractivity contribution in [2.75, 3.05) is 26.3 Å². The molecule has 21 heavy (non-hydrogen) atoms. The van der Waals surface area contributed by atoms with Gasteiger partial charge in [-0.2, -0.15) is 0 Å². The van der Waals surface area contributed by atoms with Gasteiger partial charge in [0.1, 0.15) is 18.5 Å². The van der Waals surface area contributed by atoms with Crippen molar-refractivity contribution >= 4 is 0 Å². The molecule has 0 saturated heterocycles. The minimum atomic E-state index is -0.513. The molecule has 1 rings (SSSR count). The van der Waals surface area contributed by atoms with Crippen LogP contribution in [-0.2, 0) is 0 Å². The van der Waals surface area contributed by atoms with Crippen LogP contribution in [0, 0.1) is 19.8 Å². The largest absolute Gasteiger partial charge is 0.491 e. The normalized spacial score (nSPS) is 14.0. The number of hydrogen-bond donors (Lipinski definition) is 3. The average molecular weight is 295 g/mol. The third kappa shape index (κ3) is 7.46. The van der Waals surface area contributed by atoms with E-state index in [9.17, 15) is 5.11 Å². The number of benzene rings is 1. The maximum absolute atomic E-state index is 9.88. The van der Waals surface area contributed by atoms with Gasteiger partial charge in [0, 0.05) is 13.2 Å². The SMILES string of the molecule is Cc1ccc(OCC(O)CNCCCC(C)CO)c(C)c1. The first-order chi connectivity index (χ1) is 10.0. The summed E-state index contributed by atoms with van der Waals surface area (Å²) in [6.45, 7) is 8.01. The highest BCUT2D eigenvalue weighted by atomic mass is 16.5. The van der Waals surface area contributed by atoms with E-state index in [1.165, 1.54) is 5.56 Å². The number of rotatable bonds is 10. The molecule has 4 heteroatoms. The third-order valence-corrected chi connectivity index (χ3v) is 3.50. The van der Waals surface area contributed by atoms with Crippen molar-refractivity contribution in [1.29, 1.82) is 0 Å². The van der Waals surface area contributed by atoms with Gasteiger partial charge in [0.05, 0.1) is 0 Å². The first-order valence-electron chi connectivity index (χ1n) is 7.72. The van der Waals surface area contributed by atoms with Gasteiger partial charge in [-0.15, -0.1) is 0 Å². The van der Waals surface area contributed by atoms with E-state index in [1.807, 2.05) is 32.9 Å². The summed E-state index contributed by atoms with van der Waals surface area (Å²) in [5.41, 5.74) is 2.30. The summed E-state index contributed by atoms with van der Waals surface area (Å²) >= 11 is 0. The van der Waals surface area contributed by atoms with Gasteiger partial charge in [0.2, 0.25) is 0 Å². The molecule has 1 aromatic rings. The summed E-state index contributed by atoms with van der Waals surface area (Å²) in [5.74, 6) is 1.18. The predicted molar refractivity (Wildman–Crippen MR) is 85.8 cm³/mol. The topological polar surface area (TPSA) is 61.7 Å². The van der Waals surface area contributed by atoms with Crippen LogP contribution in [0.25, 0.3) is 0 Å². The Kier molecular flexibility index (Phi) is 8.35. The smallest absolute Gasteiger partial charge is 0.122 e. The molecule has 2 unspecified atom stereocenters. The molecule has 0 aliphatic heterocycles. The highest BCUT2D eigenvalue weighted by Crippen LogP contribution is 2.18. The first kappa shape index (κ1) is 18.0. The number of aliphatic hydroxyl groups is 2. The highest BCUT2D eigenvalue weighted by molar-refractivity contribution is 5.35. The van der Waals surface area contributed by atoms with Crippen molar-refractivity contribution in [3.63, 3.8) is 0 Å². The second-order valence-corrected chi connectivity index (χ2v) is 5.87. The lowest BCUT2D eigenvalue weighted by Crippen LogP contribution is -2.32. The molecule has 4 nitrogen and oxygen atoms in total. The minimum Gasteiger partial charge on any atom is -0.491 e. The van der Waals surface area contributed by atoms with Crippen molar-refractivity contribution in [1.82, 2.24) is 5.32 Å². The molecule has 120 valence electrons. The number of aryl methyl sites for hydroxylation is 2. The Labute approximate surface area is 128 Å². The van der Waals surface area contributed by atoms with Gasteiger partial charge in [0.15, 0.2) is 0 Å². The number of hydrogen-bond acceptors (Lipinski definition) is 4. The maximum atomic E-state index is 9.88. The van der Waals surface area contributed by atoms with E-state index in [0.29, 0.717) is 19.1 Å². The van der Waals surface area contributed by atoms with Crippen molar-refractivity contribution < 1.29 is 14.9 Å². The van der Waals surface area contributed by atoms with E-state index >= 15 is 0 Å². The fourth-order valence-electron chi connectivity index (χ4n) is 2.14. The lowest BCUT2D eigenvalue weighted by Gasteiger charge is -2.15. The molecule has 3 N–H and O–H groups in total. The molecule has 0 aliphatic carbocycles. The van der Waals surface area contributed by atoms with Gasteiger partial charge in [-0.3, -0.25) is 0 Å². The first-order valence-corrected chi connectivity index (χ1v) is 7.72. The Morgan fingerprint density at radius 1 is 1.29 bits per heavy atom. The van der Waals surface area contributed by atoms with Crippen LogP contribution >= 0.6 is 0 Å². The molecule has 0 bridgehead atoms. The van der Waals surface area contributed by atoms with Crippen LogP contribution in [0.3, 0.4) is 0 Å². The quantitative estimate of drug-likeness (QED) is 0.578. The zero-order valence-electron chi connectivity index (χ0n) is 13.4. The minimum absolute atomic E-state index is 0.242. The number of nitrogens with one attached hydrogen (secondary N) is 1. The van der Waals surface area contributed by atoms with Gasteiger partial charge in [-0.1, -0.05) is 24.6 Å². The lowest BCUT2D eigenvalue weighted by molar-refractivity contribution is 0.106. The van der Waals surface area contributed by atoms with Crippen LogP contribution < -0.4 is 10.1 Å². The van der Waals surface area contributed by atoms with Crippen molar-refractivity contribution in [2.45, 2.75) is 39.7 Å². The molecule has 1 aromatic carbocycles. The number of aliphatic hydroxyl groups excluding tert-OH is 2. The molecular weight excluding hydrogens is 266 g/mol. The van der Waals surface area contributed by atoms with Gasteiger partial charge in [-0.25, -0.2) is 0 Å². The van der Waals surface area contributed by atoms with Crippen LogP contribution in [0.1, 0.15) is 30.9 Å². The van der Waals surface area contributed by atoms with Crippen molar-refractivity contribution in [3.05, 3.63) is 29.3 Å². The summed E-state index contributed by atoms with van der Waals surface area (Å²) in [5, 5.41) is 22.0. The molecular formula is C17H29NO3. The fourth-order valence-corrected chi connectivity index (χ4v) is 2.14. The molecule has 2 atom stereocenters. The summed E-state index contributed by atoms with van der Waals surface area (Å²) in [6.07, 6.45) is 1.49. The Hall–Kier alpha value is -1.10. The zero-order valence-corrected chi connectivity index (χ0v) is 13.4. The molecule has 0 saturated carbocycles. The van der Waals surface area contributed by atoms with Crippen LogP contribution in [-0.4, -0.2) is 42.6 Å². The van der Waals surface area contributed by atoms with Gasteiger partial charge >= 0.3 is 0 Å². The lowest BCUT2D eigenvalue weighted by atomic mass is 10.1. The van der Waals surface area contributed by atoms with E-state index < -0.39 is 6.10 Å². The third-order valence-electron chi connectivity index (χ3n) is 3.50. The standard InChI is InChI=1S/C17H29NO3/c1-13-6-7-17(15(3)9-13)21-12-16(20)10-18-8-4-5-14(2)11-19/h6-7,9,14,16,18-20H,4-5,8,10-12H2,1-3H3. The molecule has 0 aliphatic rings. The van der Waals surface area contributed by atoms with Crippen LogP contribution in [0.5, 0.6) is 5.75 Å². The molecule has 0 radical (unpaired) electrons. The highest BCUT2D eigenvalue weighted by Gasteiger charge is 2.07. The maximum Gasteiger partial charge on any atom is 0.122 e. The summed E-state index contributed by atoms with van der Waals surface area (Å²) in [4.78, 5) is 0. The van der Waals surface area contributed by atoms with Gasteiger partial charge in [0.25, 0.3) is 0 Å². The predicted octanol–water partition coefficient (Wildman–Crippen LogP) is 2.04. The molecule has 0 amide bonds. The molecule has 0 heterocycles. The average Bonchev–Trinajstić information content (AvgIpc) is 2.45. The summed E-state index contributed by atoms with van der Waals surface area (Å²) in [6, 6.07) is 6.03. The Morgan fingerprint density at radius 3 is 2.71 bits per heavy atom. The molecule has 0 aromatic heterocycles. The van der Waals surface area contributed by atoms with E-state index in [1.54, 1.807) is 0 Å². The molecule has 0 spiro atoms. The van der Waals surface area contributed by atoms with Crippen molar-refractivity contribution in [2.24, 2.45) is 5.92 Å². The number of ether oxygens (including phenoxy) is 1. The summed E-state index contributed by atoms with van der Waals surface area (Å²) in [7, 11) is 0. The Morgan fingerprint density at radius 2 is 2.05 bits per heavy atom. The Balaban J connectivity index is 2.15. The van der Waals surface area contributed by atoms with E-state index in [-0.39, 0.29) is 6.61 Å². The summed E-state index contributed by atoms with van der Waals surface area (Å²) < 4.78 is 5.64. The van der Waals surface area contributed by atoms with Crippen molar-refractivity contribution in [3.8, 4) is 5.75 Å². The van der Waals surface area contributed by atoms with Crippen LogP contribution in [0.4, 0.5) is 0 Å². The van der Waals surface area contributed by atoms with E-state index in [2.05, 4.69) is 11.4 Å². The van der Waals surface area contributed by atoms with Crippen LogP contribution in [0.15, 0.2) is 18.2 Å². The second-order valence-electron chi connectivity index (χ2n) is 5.87. The van der Waals surface area contributed by atoms with E-state index in [0.717, 1.165) is 30.7 Å². The molecule has 0 fully saturated rings. The second kappa shape index (κ2) is 9.77. The monoisotopic (exact) mass is 295 g/mol. The van der Waals surface area contributed by atoms with E-state index in [4.69, 9.17) is 9.84 Å². The van der Waals surface area contributed by atoms with Gasteiger partial charge < -0.3 is 20.3 Å². The zero-order chi connectivity index (χ0) is 15.7.